The summed E-state index contributed by atoms with van der Waals surface area (Å²) in [6, 6.07) is 16.3. The Bertz CT molecular complexity index is 802. The van der Waals surface area contributed by atoms with Gasteiger partial charge in [-0.15, -0.1) is 0 Å². The summed E-state index contributed by atoms with van der Waals surface area (Å²) in [4.78, 5) is 12.5. The molecule has 0 aromatic heterocycles. The first-order valence-corrected chi connectivity index (χ1v) is 9.92. The summed E-state index contributed by atoms with van der Waals surface area (Å²) in [5.41, 5.74) is 2.10. The van der Waals surface area contributed by atoms with Gasteiger partial charge in [0.15, 0.2) is 0 Å². The summed E-state index contributed by atoms with van der Waals surface area (Å²) in [5, 5.41) is 3.02. The number of benzene rings is 2. The zero-order valence-electron chi connectivity index (χ0n) is 14.8. The molecule has 0 aliphatic rings. The Kier molecular flexibility index (Phi) is 6.20. The van der Waals surface area contributed by atoms with Crippen molar-refractivity contribution in [2.75, 3.05) is 17.1 Å². The summed E-state index contributed by atoms with van der Waals surface area (Å²) >= 11 is 0. The molecule has 0 unspecified atom stereocenters. The Labute approximate surface area is 149 Å². The van der Waals surface area contributed by atoms with E-state index >= 15 is 0 Å². The zero-order valence-corrected chi connectivity index (χ0v) is 15.6. The number of nitrogens with zero attached hydrogens (tertiary/aromatic N) is 1. The number of hydrogen-bond donors (Lipinski definition) is 1. The fourth-order valence-electron chi connectivity index (χ4n) is 2.53. The molecule has 5 nitrogen and oxygen atoms in total. The number of sulfonamides is 1. The standard InChI is InChI=1S/C19H24N2O3S/c1-4-18(15-9-7-6-8-10-15)20-19(22)16-11-13-17(14-12-16)21(3)25(23,24)5-2/h6-14,18H,4-5H2,1-3H3,(H,20,22)/t18-/m0/s1. The first-order chi connectivity index (χ1) is 11.9. The molecule has 2 rings (SSSR count). The van der Waals surface area contributed by atoms with Gasteiger partial charge in [0.2, 0.25) is 10.0 Å². The van der Waals surface area contributed by atoms with Crippen molar-refractivity contribution in [1.29, 1.82) is 0 Å². The molecular weight excluding hydrogens is 336 g/mol. The summed E-state index contributed by atoms with van der Waals surface area (Å²) in [5.74, 6) is -0.149. The molecule has 1 N–H and O–H groups in total. The van der Waals surface area contributed by atoms with Crippen LogP contribution in [0.3, 0.4) is 0 Å². The first-order valence-electron chi connectivity index (χ1n) is 8.31. The largest absolute Gasteiger partial charge is 0.345 e. The van der Waals surface area contributed by atoms with Crippen LogP contribution in [0, 0.1) is 0 Å². The van der Waals surface area contributed by atoms with E-state index in [0.717, 1.165) is 12.0 Å². The van der Waals surface area contributed by atoms with Crippen LogP contribution in [0.15, 0.2) is 54.6 Å². The summed E-state index contributed by atoms with van der Waals surface area (Å²) < 4.78 is 25.0. The predicted molar refractivity (Wildman–Crippen MR) is 101 cm³/mol. The van der Waals surface area contributed by atoms with Crippen LogP contribution in [0.5, 0.6) is 0 Å². The molecule has 0 aliphatic heterocycles. The third kappa shape index (κ3) is 4.60. The highest BCUT2D eigenvalue weighted by molar-refractivity contribution is 7.92. The number of anilines is 1. The second kappa shape index (κ2) is 8.16. The molecule has 0 spiro atoms. The molecule has 0 fully saturated rings. The minimum absolute atomic E-state index is 0.0288. The maximum Gasteiger partial charge on any atom is 0.251 e. The lowest BCUT2D eigenvalue weighted by Gasteiger charge is -2.19. The van der Waals surface area contributed by atoms with Gasteiger partial charge in [-0.1, -0.05) is 37.3 Å². The van der Waals surface area contributed by atoms with E-state index < -0.39 is 10.0 Å². The van der Waals surface area contributed by atoms with E-state index in [2.05, 4.69) is 5.32 Å². The monoisotopic (exact) mass is 360 g/mol. The Morgan fingerprint density at radius 1 is 1.04 bits per heavy atom. The van der Waals surface area contributed by atoms with E-state index in [9.17, 15) is 13.2 Å². The van der Waals surface area contributed by atoms with Crippen LogP contribution in [-0.2, 0) is 10.0 Å². The normalized spacial score (nSPS) is 12.4. The topological polar surface area (TPSA) is 66.5 Å². The average Bonchev–Trinajstić information content (AvgIpc) is 2.66. The van der Waals surface area contributed by atoms with Gasteiger partial charge in [0.25, 0.3) is 5.91 Å². The lowest BCUT2D eigenvalue weighted by Crippen LogP contribution is -2.29. The maximum atomic E-state index is 12.5. The van der Waals surface area contributed by atoms with Crippen LogP contribution >= 0.6 is 0 Å². The fraction of sp³-hybridized carbons (Fsp3) is 0.316. The minimum atomic E-state index is -3.31. The SMILES string of the molecule is CC[C@H](NC(=O)c1ccc(N(C)S(=O)(=O)CC)cc1)c1ccccc1. The minimum Gasteiger partial charge on any atom is -0.345 e. The molecule has 134 valence electrons. The smallest absolute Gasteiger partial charge is 0.251 e. The summed E-state index contributed by atoms with van der Waals surface area (Å²) in [7, 11) is -1.80. The van der Waals surface area contributed by atoms with Crippen molar-refractivity contribution in [1.82, 2.24) is 5.32 Å². The highest BCUT2D eigenvalue weighted by Gasteiger charge is 2.17. The van der Waals surface area contributed by atoms with Gasteiger partial charge in [-0.05, 0) is 43.2 Å². The highest BCUT2D eigenvalue weighted by atomic mass is 32.2. The number of nitrogens with one attached hydrogen (secondary N) is 1. The molecule has 0 bridgehead atoms. The summed E-state index contributed by atoms with van der Waals surface area (Å²) in [6.07, 6.45) is 0.783. The molecule has 25 heavy (non-hydrogen) atoms. The molecule has 0 aliphatic carbocycles. The molecule has 0 radical (unpaired) electrons. The van der Waals surface area contributed by atoms with Gasteiger partial charge in [0.1, 0.15) is 0 Å². The van der Waals surface area contributed by atoms with Crippen LogP contribution in [0.1, 0.15) is 42.2 Å². The van der Waals surface area contributed by atoms with Crippen LogP contribution < -0.4 is 9.62 Å². The van der Waals surface area contributed by atoms with Gasteiger partial charge in [0.05, 0.1) is 17.5 Å². The second-order valence-corrected chi connectivity index (χ2v) is 8.05. The molecule has 0 saturated carbocycles. The van der Waals surface area contributed by atoms with E-state index in [1.807, 2.05) is 37.3 Å². The van der Waals surface area contributed by atoms with Crippen LogP contribution in [0.2, 0.25) is 0 Å². The Morgan fingerprint density at radius 3 is 2.16 bits per heavy atom. The zero-order chi connectivity index (χ0) is 18.4. The molecule has 6 heteroatoms. The van der Waals surface area contributed by atoms with Crippen molar-refractivity contribution in [2.24, 2.45) is 0 Å². The second-order valence-electron chi connectivity index (χ2n) is 5.76. The lowest BCUT2D eigenvalue weighted by atomic mass is 10.0. The lowest BCUT2D eigenvalue weighted by molar-refractivity contribution is 0.0935. The van der Waals surface area contributed by atoms with E-state index in [-0.39, 0.29) is 17.7 Å². The quantitative estimate of drug-likeness (QED) is 0.823. The van der Waals surface area contributed by atoms with Gasteiger partial charge >= 0.3 is 0 Å². The average molecular weight is 360 g/mol. The highest BCUT2D eigenvalue weighted by Crippen LogP contribution is 2.19. The van der Waals surface area contributed by atoms with Crippen molar-refractivity contribution in [3.8, 4) is 0 Å². The van der Waals surface area contributed by atoms with E-state index in [0.29, 0.717) is 11.3 Å². The van der Waals surface area contributed by atoms with Crippen molar-refractivity contribution in [3.63, 3.8) is 0 Å². The van der Waals surface area contributed by atoms with Gasteiger partial charge in [-0.2, -0.15) is 0 Å². The third-order valence-electron chi connectivity index (χ3n) is 4.19. The molecular formula is C19H24N2O3S. The first kappa shape index (κ1) is 19.0. The number of carbonyl (C=O) groups is 1. The fourth-order valence-corrected chi connectivity index (χ4v) is 3.36. The number of hydrogen-bond acceptors (Lipinski definition) is 3. The van der Waals surface area contributed by atoms with Crippen LogP contribution in [0.25, 0.3) is 0 Å². The van der Waals surface area contributed by atoms with Crippen LogP contribution in [-0.4, -0.2) is 27.1 Å². The molecule has 0 saturated heterocycles. The third-order valence-corrected chi connectivity index (χ3v) is 5.97. The van der Waals surface area contributed by atoms with Crippen molar-refractivity contribution < 1.29 is 13.2 Å². The van der Waals surface area contributed by atoms with Gasteiger partial charge in [-0.25, -0.2) is 8.42 Å². The van der Waals surface area contributed by atoms with E-state index in [1.54, 1.807) is 31.2 Å². The van der Waals surface area contributed by atoms with E-state index in [4.69, 9.17) is 0 Å². The Hall–Kier alpha value is -2.34. The molecule has 0 heterocycles. The van der Waals surface area contributed by atoms with E-state index in [1.165, 1.54) is 11.4 Å². The number of carbonyl (C=O) groups excluding carboxylic acids is 1. The number of rotatable bonds is 7. The maximum absolute atomic E-state index is 12.5. The Morgan fingerprint density at radius 2 is 1.64 bits per heavy atom. The van der Waals surface area contributed by atoms with Gasteiger partial charge in [0, 0.05) is 12.6 Å². The van der Waals surface area contributed by atoms with Gasteiger partial charge in [-0.3, -0.25) is 9.10 Å². The summed E-state index contributed by atoms with van der Waals surface area (Å²) in [6.45, 7) is 3.62. The van der Waals surface area contributed by atoms with Gasteiger partial charge < -0.3 is 5.32 Å². The van der Waals surface area contributed by atoms with Crippen molar-refractivity contribution >= 4 is 21.6 Å². The predicted octanol–water partition coefficient (Wildman–Crippen LogP) is 3.35. The molecule has 1 amide bonds. The molecule has 2 aromatic carbocycles. The molecule has 1 atom stereocenters. The Balaban J connectivity index is 2.12. The van der Waals surface area contributed by atoms with Crippen molar-refractivity contribution in [2.45, 2.75) is 26.3 Å². The van der Waals surface area contributed by atoms with Crippen molar-refractivity contribution in [3.05, 3.63) is 65.7 Å². The molecule has 2 aromatic rings. The number of amides is 1. The van der Waals surface area contributed by atoms with Crippen LogP contribution in [0.4, 0.5) is 5.69 Å².